The third kappa shape index (κ3) is 2.75. The van der Waals surface area contributed by atoms with E-state index in [4.69, 9.17) is 4.42 Å². The first-order valence-corrected chi connectivity index (χ1v) is 5.47. The minimum Gasteiger partial charge on any atom is -0.459 e. The van der Waals surface area contributed by atoms with E-state index >= 15 is 0 Å². The second-order valence-corrected chi connectivity index (χ2v) is 4.07. The highest BCUT2D eigenvalue weighted by atomic mass is 16.3. The molecule has 0 fully saturated rings. The fourth-order valence-corrected chi connectivity index (χ4v) is 1.65. The summed E-state index contributed by atoms with van der Waals surface area (Å²) in [5.41, 5.74) is 0.845. The van der Waals surface area contributed by atoms with Crippen LogP contribution in [0.5, 0.6) is 0 Å². The van der Waals surface area contributed by atoms with Gasteiger partial charge < -0.3 is 14.3 Å². The number of aryl methyl sites for hydroxylation is 1. The summed E-state index contributed by atoms with van der Waals surface area (Å²) >= 11 is 0. The van der Waals surface area contributed by atoms with Crippen LogP contribution in [0, 0.1) is 6.92 Å². The zero-order valence-electron chi connectivity index (χ0n) is 9.88. The van der Waals surface area contributed by atoms with Gasteiger partial charge in [-0.3, -0.25) is 4.79 Å². The van der Waals surface area contributed by atoms with Crippen LogP contribution in [0.15, 0.2) is 35.5 Å². The fourth-order valence-electron chi connectivity index (χ4n) is 1.65. The average molecular weight is 233 g/mol. The Morgan fingerprint density at radius 1 is 1.65 bits per heavy atom. The van der Waals surface area contributed by atoms with Gasteiger partial charge in [0.25, 0.3) is 5.91 Å². The molecule has 5 nitrogen and oxygen atoms in total. The first-order chi connectivity index (χ1) is 8.16. The van der Waals surface area contributed by atoms with Crippen LogP contribution in [0.25, 0.3) is 0 Å². The maximum Gasteiger partial charge on any atom is 0.287 e. The highest BCUT2D eigenvalue weighted by Crippen LogP contribution is 2.08. The zero-order valence-corrected chi connectivity index (χ0v) is 9.88. The lowest BCUT2D eigenvalue weighted by molar-refractivity contribution is 0.0908. The van der Waals surface area contributed by atoms with Crippen molar-refractivity contribution in [3.05, 3.63) is 42.4 Å². The minimum absolute atomic E-state index is 0.0150. The van der Waals surface area contributed by atoms with E-state index in [1.54, 1.807) is 18.6 Å². The minimum atomic E-state index is -0.180. The van der Waals surface area contributed by atoms with Crippen LogP contribution < -0.4 is 5.32 Å². The molecule has 2 aromatic heterocycles. The lowest BCUT2D eigenvalue weighted by Gasteiger charge is -2.13. The number of carbonyl (C=O) groups is 1. The van der Waals surface area contributed by atoms with Gasteiger partial charge in [-0.15, -0.1) is 0 Å². The molecule has 1 atom stereocenters. The van der Waals surface area contributed by atoms with Gasteiger partial charge >= 0.3 is 0 Å². The fraction of sp³-hybridized carbons (Fsp3) is 0.333. The van der Waals surface area contributed by atoms with Crippen molar-refractivity contribution >= 4 is 5.91 Å². The van der Waals surface area contributed by atoms with Crippen molar-refractivity contribution in [1.82, 2.24) is 14.9 Å². The molecule has 2 rings (SSSR count). The molecule has 0 bridgehead atoms. The topological polar surface area (TPSA) is 60.1 Å². The molecule has 2 heterocycles. The summed E-state index contributed by atoms with van der Waals surface area (Å²) in [5.74, 6) is 0.197. The molecule has 17 heavy (non-hydrogen) atoms. The molecular formula is C12H15N3O2. The molecule has 0 saturated carbocycles. The molecule has 1 N–H and O–H groups in total. The Bertz CT molecular complexity index is 488. The number of nitrogens with zero attached hydrogens (tertiary/aromatic N) is 2. The molecule has 0 spiro atoms. The first kappa shape index (κ1) is 11.4. The van der Waals surface area contributed by atoms with Gasteiger partial charge in [-0.1, -0.05) is 0 Å². The molecule has 0 aliphatic heterocycles. The van der Waals surface area contributed by atoms with E-state index < -0.39 is 0 Å². The van der Waals surface area contributed by atoms with Gasteiger partial charge in [-0.2, -0.15) is 0 Å². The monoisotopic (exact) mass is 233 g/mol. The van der Waals surface area contributed by atoms with Crippen molar-refractivity contribution in [2.45, 2.75) is 26.4 Å². The van der Waals surface area contributed by atoms with Gasteiger partial charge in [0.2, 0.25) is 0 Å². The second-order valence-electron chi connectivity index (χ2n) is 4.07. The van der Waals surface area contributed by atoms with Crippen LogP contribution in [0.3, 0.4) is 0 Å². The maximum atomic E-state index is 11.8. The average Bonchev–Trinajstić information content (AvgIpc) is 2.88. The lowest BCUT2D eigenvalue weighted by Crippen LogP contribution is -2.35. The smallest absolute Gasteiger partial charge is 0.287 e. The number of amides is 1. The molecule has 90 valence electrons. The molecule has 5 heteroatoms. The number of imidazole rings is 1. The van der Waals surface area contributed by atoms with Crippen molar-refractivity contribution in [2.24, 2.45) is 0 Å². The number of aromatic nitrogens is 2. The highest BCUT2D eigenvalue weighted by molar-refractivity contribution is 5.92. The van der Waals surface area contributed by atoms with E-state index in [9.17, 15) is 4.79 Å². The van der Waals surface area contributed by atoms with Crippen LogP contribution in [0.1, 0.15) is 23.0 Å². The number of carbonyl (C=O) groups excluding carboxylic acids is 1. The van der Waals surface area contributed by atoms with Crippen molar-refractivity contribution < 1.29 is 9.21 Å². The van der Waals surface area contributed by atoms with Gasteiger partial charge in [0, 0.05) is 30.5 Å². The summed E-state index contributed by atoms with van der Waals surface area (Å²) in [4.78, 5) is 15.8. The summed E-state index contributed by atoms with van der Waals surface area (Å²) in [6.07, 6.45) is 6.82. The van der Waals surface area contributed by atoms with Crippen LogP contribution in [0.4, 0.5) is 0 Å². The van der Waals surface area contributed by atoms with E-state index in [-0.39, 0.29) is 11.9 Å². The summed E-state index contributed by atoms with van der Waals surface area (Å²) < 4.78 is 7.05. The van der Waals surface area contributed by atoms with E-state index in [0.717, 1.165) is 5.56 Å². The Labute approximate surface area is 99.5 Å². The van der Waals surface area contributed by atoms with Crippen molar-refractivity contribution in [3.63, 3.8) is 0 Å². The summed E-state index contributed by atoms with van der Waals surface area (Å²) in [5, 5.41) is 2.88. The van der Waals surface area contributed by atoms with Crippen molar-refractivity contribution in [2.75, 3.05) is 0 Å². The van der Waals surface area contributed by atoms with Crippen LogP contribution >= 0.6 is 0 Å². The zero-order chi connectivity index (χ0) is 12.3. The molecule has 0 radical (unpaired) electrons. The number of furan rings is 1. The predicted molar refractivity (Wildman–Crippen MR) is 62.6 cm³/mol. The molecule has 1 amide bonds. The molecular weight excluding hydrogens is 218 g/mol. The molecule has 2 aromatic rings. The second kappa shape index (κ2) is 4.86. The van der Waals surface area contributed by atoms with Crippen LogP contribution in [0.2, 0.25) is 0 Å². The quantitative estimate of drug-likeness (QED) is 0.872. The first-order valence-electron chi connectivity index (χ1n) is 5.47. The SMILES string of the molecule is Cc1ccoc1C(=O)N[C@H](C)Cn1ccnc1. The van der Waals surface area contributed by atoms with E-state index in [1.165, 1.54) is 6.26 Å². The third-order valence-corrected chi connectivity index (χ3v) is 2.49. The number of nitrogens with one attached hydrogen (secondary N) is 1. The van der Waals surface area contributed by atoms with Gasteiger partial charge in [0.05, 0.1) is 12.6 Å². The normalized spacial score (nSPS) is 12.4. The molecule has 0 aliphatic rings. The number of rotatable bonds is 4. The summed E-state index contributed by atoms with van der Waals surface area (Å²) in [6.45, 7) is 4.47. The Hall–Kier alpha value is -2.04. The van der Waals surface area contributed by atoms with Gasteiger partial charge in [0.1, 0.15) is 0 Å². The van der Waals surface area contributed by atoms with E-state index in [1.807, 2.05) is 24.6 Å². The summed E-state index contributed by atoms with van der Waals surface area (Å²) in [7, 11) is 0. The van der Waals surface area contributed by atoms with Crippen molar-refractivity contribution in [1.29, 1.82) is 0 Å². The lowest BCUT2D eigenvalue weighted by atomic mass is 10.2. The van der Waals surface area contributed by atoms with E-state index in [2.05, 4.69) is 10.3 Å². The van der Waals surface area contributed by atoms with Gasteiger partial charge in [-0.05, 0) is 19.9 Å². The van der Waals surface area contributed by atoms with Gasteiger partial charge in [-0.25, -0.2) is 4.98 Å². The van der Waals surface area contributed by atoms with Crippen LogP contribution in [-0.4, -0.2) is 21.5 Å². The molecule has 0 aliphatic carbocycles. The standard InChI is InChI=1S/C12H15N3O2/c1-9-3-6-17-11(9)12(16)14-10(2)7-15-5-4-13-8-15/h3-6,8,10H,7H2,1-2H3,(H,14,16)/t10-/m1/s1. The van der Waals surface area contributed by atoms with Gasteiger partial charge in [0.15, 0.2) is 5.76 Å². The molecule has 0 saturated heterocycles. The number of hydrogen-bond donors (Lipinski definition) is 1. The Morgan fingerprint density at radius 3 is 3.06 bits per heavy atom. The van der Waals surface area contributed by atoms with E-state index in [0.29, 0.717) is 12.3 Å². The Balaban J connectivity index is 1.93. The van der Waals surface area contributed by atoms with Crippen LogP contribution in [-0.2, 0) is 6.54 Å². The van der Waals surface area contributed by atoms with Crippen molar-refractivity contribution in [3.8, 4) is 0 Å². The predicted octanol–water partition coefficient (Wildman–Crippen LogP) is 1.60. The molecule has 0 unspecified atom stereocenters. The largest absolute Gasteiger partial charge is 0.459 e. The maximum absolute atomic E-state index is 11.8. The molecule has 0 aromatic carbocycles. The Kier molecular flexibility index (Phi) is 3.27. The highest BCUT2D eigenvalue weighted by Gasteiger charge is 2.14. The summed E-state index contributed by atoms with van der Waals surface area (Å²) in [6, 6.07) is 1.79. The Morgan fingerprint density at radius 2 is 2.47 bits per heavy atom. The third-order valence-electron chi connectivity index (χ3n) is 2.49. The number of hydrogen-bond acceptors (Lipinski definition) is 3.